The molecule has 2 aromatic carbocycles. The third-order valence-electron chi connectivity index (χ3n) is 5.59. The largest absolute Gasteiger partial charge is 0.339 e. The average Bonchev–Trinajstić information content (AvgIpc) is 3.29. The van der Waals surface area contributed by atoms with Crippen molar-refractivity contribution in [1.82, 2.24) is 16.1 Å². The van der Waals surface area contributed by atoms with Gasteiger partial charge in [0, 0.05) is 24.2 Å². The predicted molar refractivity (Wildman–Crippen MR) is 116 cm³/mol. The summed E-state index contributed by atoms with van der Waals surface area (Å²) in [5, 5.41) is 15.0. The van der Waals surface area contributed by atoms with E-state index in [1.807, 2.05) is 12.1 Å². The molecule has 0 spiro atoms. The summed E-state index contributed by atoms with van der Waals surface area (Å²) < 4.78 is 0. The molecule has 2 atom stereocenters. The number of hydroxylamine groups is 1. The maximum atomic E-state index is 12.4. The molecule has 0 bridgehead atoms. The monoisotopic (exact) mass is 410 g/mol. The maximum Gasteiger partial charge on any atom is 0.267 e. The van der Waals surface area contributed by atoms with Crippen molar-refractivity contribution in [1.29, 1.82) is 0 Å². The molecule has 2 aromatic rings. The van der Waals surface area contributed by atoms with Gasteiger partial charge in [-0.2, -0.15) is 0 Å². The highest BCUT2D eigenvalue weighted by atomic mass is 16.5. The molecule has 1 fully saturated rings. The van der Waals surface area contributed by atoms with Crippen molar-refractivity contribution in [3.05, 3.63) is 59.7 Å². The Balaban J connectivity index is 1.60. The van der Waals surface area contributed by atoms with Crippen molar-refractivity contribution in [3.8, 4) is 11.1 Å². The molecule has 1 saturated carbocycles. The molecular weight excluding hydrogens is 380 g/mol. The lowest BCUT2D eigenvalue weighted by atomic mass is 10.0. The van der Waals surface area contributed by atoms with Crippen LogP contribution in [0.1, 0.15) is 48.5 Å². The van der Waals surface area contributed by atoms with Crippen molar-refractivity contribution >= 4 is 11.8 Å². The second-order valence-corrected chi connectivity index (χ2v) is 7.92. The van der Waals surface area contributed by atoms with Crippen LogP contribution >= 0.6 is 0 Å². The van der Waals surface area contributed by atoms with E-state index in [0.717, 1.165) is 17.7 Å². The number of carbonyl (C=O) groups is 2. The smallest absolute Gasteiger partial charge is 0.267 e. The van der Waals surface area contributed by atoms with Crippen LogP contribution in [-0.2, 0) is 11.3 Å². The summed E-state index contributed by atoms with van der Waals surface area (Å²) >= 11 is 0. The number of hydrogen-bond donors (Lipinski definition) is 5. The van der Waals surface area contributed by atoms with Gasteiger partial charge in [-0.25, -0.2) is 5.48 Å². The molecule has 0 radical (unpaired) electrons. The summed E-state index contributed by atoms with van der Waals surface area (Å²) in [7, 11) is 0. The van der Waals surface area contributed by atoms with Crippen molar-refractivity contribution < 1.29 is 14.8 Å². The molecular formula is C23H30N4O3. The van der Waals surface area contributed by atoms with Gasteiger partial charge >= 0.3 is 0 Å². The van der Waals surface area contributed by atoms with E-state index in [1.165, 1.54) is 36.7 Å². The molecule has 0 aliphatic heterocycles. The zero-order chi connectivity index (χ0) is 21.5. The van der Waals surface area contributed by atoms with Crippen molar-refractivity contribution in [2.75, 3.05) is 0 Å². The van der Waals surface area contributed by atoms with Gasteiger partial charge in [0.2, 0.25) is 0 Å². The molecule has 1 aliphatic carbocycles. The molecule has 3 rings (SSSR count). The van der Waals surface area contributed by atoms with E-state index in [2.05, 4.69) is 34.9 Å². The van der Waals surface area contributed by atoms with E-state index in [1.54, 1.807) is 19.1 Å². The van der Waals surface area contributed by atoms with Gasteiger partial charge in [-0.05, 0) is 48.6 Å². The van der Waals surface area contributed by atoms with Gasteiger partial charge in [-0.1, -0.05) is 49.2 Å². The Labute approximate surface area is 177 Å². The number of amides is 2. The van der Waals surface area contributed by atoms with Crippen LogP contribution in [0.2, 0.25) is 0 Å². The molecule has 160 valence electrons. The lowest BCUT2D eigenvalue weighted by Gasteiger charge is -2.20. The zero-order valence-electron chi connectivity index (χ0n) is 17.2. The van der Waals surface area contributed by atoms with Crippen LogP contribution in [0.25, 0.3) is 11.1 Å². The SMILES string of the molecule is C[C@@H](N)[C@H](NC(=O)c1ccc(-c2ccc(CNC3CCCC3)cc2)cc1)C(=O)NO. The summed E-state index contributed by atoms with van der Waals surface area (Å²) in [4.78, 5) is 24.1. The van der Waals surface area contributed by atoms with Gasteiger partial charge in [0.15, 0.2) is 0 Å². The second kappa shape index (κ2) is 10.3. The highest BCUT2D eigenvalue weighted by Gasteiger charge is 2.24. The van der Waals surface area contributed by atoms with Crippen LogP contribution in [0, 0.1) is 0 Å². The molecule has 1 aliphatic rings. The first-order valence-electron chi connectivity index (χ1n) is 10.4. The number of carbonyl (C=O) groups excluding carboxylic acids is 2. The minimum Gasteiger partial charge on any atom is -0.339 e. The topological polar surface area (TPSA) is 116 Å². The molecule has 6 N–H and O–H groups in total. The molecule has 0 aromatic heterocycles. The van der Waals surface area contributed by atoms with Crippen molar-refractivity contribution in [2.45, 2.75) is 57.3 Å². The van der Waals surface area contributed by atoms with Gasteiger partial charge in [0.1, 0.15) is 6.04 Å². The molecule has 0 heterocycles. The van der Waals surface area contributed by atoms with Gasteiger partial charge in [-0.3, -0.25) is 14.8 Å². The molecule has 7 heteroatoms. The molecule has 2 amide bonds. The summed E-state index contributed by atoms with van der Waals surface area (Å²) in [5.41, 5.74) is 11.0. The minimum atomic E-state index is -1.02. The second-order valence-electron chi connectivity index (χ2n) is 7.92. The van der Waals surface area contributed by atoms with Crippen LogP contribution in [0.5, 0.6) is 0 Å². The van der Waals surface area contributed by atoms with Crippen molar-refractivity contribution in [2.24, 2.45) is 5.73 Å². The third-order valence-corrected chi connectivity index (χ3v) is 5.59. The molecule has 7 nitrogen and oxygen atoms in total. The summed E-state index contributed by atoms with van der Waals surface area (Å²) in [6.45, 7) is 2.46. The predicted octanol–water partition coefficient (Wildman–Crippen LogP) is 2.34. The summed E-state index contributed by atoms with van der Waals surface area (Å²) in [6, 6.07) is 14.5. The van der Waals surface area contributed by atoms with E-state index in [9.17, 15) is 9.59 Å². The van der Waals surface area contributed by atoms with Gasteiger partial charge in [0.05, 0.1) is 0 Å². The Bertz CT molecular complexity index is 844. The summed E-state index contributed by atoms with van der Waals surface area (Å²) in [6.07, 6.45) is 5.19. The fraction of sp³-hybridized carbons (Fsp3) is 0.391. The van der Waals surface area contributed by atoms with Crippen LogP contribution in [0.4, 0.5) is 0 Å². The van der Waals surface area contributed by atoms with Crippen LogP contribution in [-0.4, -0.2) is 35.1 Å². The number of nitrogens with two attached hydrogens (primary N) is 1. The zero-order valence-corrected chi connectivity index (χ0v) is 17.2. The number of rotatable bonds is 8. The van der Waals surface area contributed by atoms with Gasteiger partial charge in [0.25, 0.3) is 11.8 Å². The Hall–Kier alpha value is -2.74. The van der Waals surface area contributed by atoms with E-state index in [-0.39, 0.29) is 0 Å². The molecule has 30 heavy (non-hydrogen) atoms. The first-order valence-corrected chi connectivity index (χ1v) is 10.4. The highest BCUT2D eigenvalue weighted by molar-refractivity contribution is 5.98. The third kappa shape index (κ3) is 5.66. The highest BCUT2D eigenvalue weighted by Crippen LogP contribution is 2.22. The fourth-order valence-corrected chi connectivity index (χ4v) is 3.75. The Morgan fingerprint density at radius 2 is 1.60 bits per heavy atom. The Kier molecular flexibility index (Phi) is 7.57. The van der Waals surface area contributed by atoms with E-state index in [0.29, 0.717) is 11.6 Å². The Morgan fingerprint density at radius 1 is 1.03 bits per heavy atom. The summed E-state index contributed by atoms with van der Waals surface area (Å²) in [5.74, 6) is -1.18. The number of nitrogens with one attached hydrogen (secondary N) is 3. The fourth-order valence-electron chi connectivity index (χ4n) is 3.75. The first kappa shape index (κ1) is 22.0. The molecule has 0 saturated heterocycles. The van der Waals surface area contributed by atoms with Crippen LogP contribution in [0.3, 0.4) is 0 Å². The Morgan fingerprint density at radius 3 is 2.13 bits per heavy atom. The molecule has 0 unspecified atom stereocenters. The number of hydrogen-bond acceptors (Lipinski definition) is 5. The maximum absolute atomic E-state index is 12.4. The average molecular weight is 411 g/mol. The van der Waals surface area contributed by atoms with Gasteiger partial charge in [-0.15, -0.1) is 0 Å². The quantitative estimate of drug-likeness (QED) is 0.338. The van der Waals surface area contributed by atoms with E-state index in [4.69, 9.17) is 10.9 Å². The van der Waals surface area contributed by atoms with Crippen molar-refractivity contribution in [3.63, 3.8) is 0 Å². The van der Waals surface area contributed by atoms with Crippen LogP contribution in [0.15, 0.2) is 48.5 Å². The number of benzene rings is 2. The van der Waals surface area contributed by atoms with E-state index < -0.39 is 23.9 Å². The lowest BCUT2D eigenvalue weighted by Crippen LogP contribution is -2.54. The van der Waals surface area contributed by atoms with E-state index >= 15 is 0 Å². The van der Waals surface area contributed by atoms with Gasteiger partial charge < -0.3 is 16.4 Å². The standard InChI is InChI=1S/C23H30N4O3/c1-15(24)21(23(29)27-30)26-22(28)19-12-10-18(11-13-19)17-8-6-16(7-9-17)14-25-20-4-2-3-5-20/h6-13,15,20-21,25,30H,2-5,14,24H2,1H3,(H,26,28)(H,27,29)/t15-,21+/m1/s1. The minimum absolute atomic E-state index is 0.410. The normalized spacial score (nSPS) is 16.1. The van der Waals surface area contributed by atoms with Crippen LogP contribution < -0.4 is 21.8 Å². The first-order chi connectivity index (χ1) is 14.5. The lowest BCUT2D eigenvalue weighted by molar-refractivity contribution is -0.131.